The maximum atomic E-state index is 11.7. The molecule has 1 saturated heterocycles. The third-order valence-corrected chi connectivity index (χ3v) is 4.52. The molecule has 1 fully saturated rings. The van der Waals surface area contributed by atoms with Crippen LogP contribution < -0.4 is 0 Å². The number of nitrogens with zero attached hydrogens (tertiary/aromatic N) is 2. The molecule has 1 atom stereocenters. The summed E-state index contributed by atoms with van der Waals surface area (Å²) in [6.07, 6.45) is 5.13. The highest BCUT2D eigenvalue weighted by Gasteiger charge is 2.29. The van der Waals surface area contributed by atoms with Gasteiger partial charge in [-0.15, -0.1) is 0 Å². The molecular formula is C10H12N2O3S. The number of sulfone groups is 1. The van der Waals surface area contributed by atoms with Gasteiger partial charge in [0.1, 0.15) is 6.33 Å². The number of hydrogen-bond donors (Lipinski definition) is 0. The van der Waals surface area contributed by atoms with Crippen molar-refractivity contribution < 1.29 is 13.2 Å². The van der Waals surface area contributed by atoms with Crippen LogP contribution in [-0.4, -0.2) is 35.7 Å². The van der Waals surface area contributed by atoms with Gasteiger partial charge in [0.2, 0.25) is 0 Å². The van der Waals surface area contributed by atoms with E-state index in [1.807, 2.05) is 0 Å². The zero-order valence-corrected chi connectivity index (χ0v) is 9.48. The highest BCUT2D eigenvalue weighted by molar-refractivity contribution is 7.91. The van der Waals surface area contributed by atoms with Crippen molar-refractivity contribution in [2.24, 2.45) is 5.92 Å². The van der Waals surface area contributed by atoms with Crippen molar-refractivity contribution in [1.29, 1.82) is 0 Å². The first kappa shape index (κ1) is 11.2. The second kappa shape index (κ2) is 4.29. The summed E-state index contributed by atoms with van der Waals surface area (Å²) in [5.41, 5.74) is 0.451. The normalized spacial score (nSPS) is 23.1. The third kappa shape index (κ3) is 2.63. The van der Waals surface area contributed by atoms with Gasteiger partial charge in [0, 0.05) is 18.8 Å². The molecule has 0 aromatic carbocycles. The van der Waals surface area contributed by atoms with E-state index in [4.69, 9.17) is 0 Å². The van der Waals surface area contributed by atoms with Crippen LogP contribution in [0.4, 0.5) is 0 Å². The summed E-state index contributed by atoms with van der Waals surface area (Å²) in [4.78, 5) is 19.3. The predicted octanol–water partition coefficient (Wildman–Crippen LogP) is 0.484. The van der Waals surface area contributed by atoms with Gasteiger partial charge < -0.3 is 0 Å². The van der Waals surface area contributed by atoms with Crippen LogP contribution in [0.5, 0.6) is 0 Å². The van der Waals surface area contributed by atoms with Gasteiger partial charge >= 0.3 is 0 Å². The van der Waals surface area contributed by atoms with E-state index in [1.165, 1.54) is 18.7 Å². The summed E-state index contributed by atoms with van der Waals surface area (Å²) in [7, 11) is -2.91. The number of carbonyl (C=O) groups excluding carboxylic acids is 1. The van der Waals surface area contributed by atoms with Gasteiger partial charge in [-0.1, -0.05) is 0 Å². The van der Waals surface area contributed by atoms with Gasteiger partial charge in [-0.25, -0.2) is 18.4 Å². The molecular weight excluding hydrogens is 228 g/mol. The Hall–Kier alpha value is -1.30. The topological polar surface area (TPSA) is 77.0 Å². The van der Waals surface area contributed by atoms with Crippen molar-refractivity contribution in [3.05, 3.63) is 24.3 Å². The van der Waals surface area contributed by atoms with Crippen molar-refractivity contribution >= 4 is 15.6 Å². The minimum Gasteiger partial charge on any atom is -0.294 e. The molecule has 16 heavy (non-hydrogen) atoms. The first-order valence-corrected chi connectivity index (χ1v) is 6.87. The summed E-state index contributed by atoms with van der Waals surface area (Å²) in [6, 6.07) is 0. The van der Waals surface area contributed by atoms with Gasteiger partial charge in [0.05, 0.1) is 17.1 Å². The van der Waals surface area contributed by atoms with Crippen molar-refractivity contribution in [3.8, 4) is 0 Å². The highest BCUT2D eigenvalue weighted by atomic mass is 32.2. The first-order chi connectivity index (χ1) is 7.57. The molecule has 5 nitrogen and oxygen atoms in total. The van der Waals surface area contributed by atoms with Crippen LogP contribution in [0.25, 0.3) is 0 Å². The van der Waals surface area contributed by atoms with E-state index >= 15 is 0 Å². The lowest BCUT2D eigenvalue weighted by molar-refractivity contribution is 0.0965. The van der Waals surface area contributed by atoms with E-state index in [2.05, 4.69) is 9.97 Å². The van der Waals surface area contributed by atoms with Crippen molar-refractivity contribution in [3.63, 3.8) is 0 Å². The third-order valence-electron chi connectivity index (χ3n) is 2.68. The number of ketones is 1. The molecule has 86 valence electrons. The minimum atomic E-state index is -2.91. The molecule has 0 saturated carbocycles. The maximum absolute atomic E-state index is 11.7. The zero-order chi connectivity index (χ0) is 11.6. The van der Waals surface area contributed by atoms with Crippen LogP contribution in [0.2, 0.25) is 0 Å². The molecule has 0 amide bonds. The van der Waals surface area contributed by atoms with E-state index in [0.29, 0.717) is 12.0 Å². The minimum absolute atomic E-state index is 0.0438. The summed E-state index contributed by atoms with van der Waals surface area (Å²) >= 11 is 0. The molecule has 1 aromatic heterocycles. The number of hydrogen-bond acceptors (Lipinski definition) is 5. The molecule has 0 spiro atoms. The Labute approximate surface area is 93.8 Å². The largest absolute Gasteiger partial charge is 0.294 e. The summed E-state index contributed by atoms with van der Waals surface area (Å²) in [6.45, 7) is 0. The van der Waals surface area contributed by atoms with Crippen molar-refractivity contribution in [2.45, 2.75) is 12.8 Å². The molecule has 2 heterocycles. The van der Waals surface area contributed by atoms with Crippen LogP contribution in [0.1, 0.15) is 23.2 Å². The molecule has 1 aromatic rings. The molecule has 2 rings (SSSR count). The lowest BCUT2D eigenvalue weighted by Gasteiger charge is -2.05. The lowest BCUT2D eigenvalue weighted by Crippen LogP contribution is -2.11. The second-order valence-corrected chi connectivity index (χ2v) is 6.25. The second-order valence-electron chi connectivity index (χ2n) is 4.02. The molecule has 1 aliphatic heterocycles. The molecule has 0 bridgehead atoms. The summed E-state index contributed by atoms with van der Waals surface area (Å²) in [5.74, 6) is 0.211. The first-order valence-electron chi connectivity index (χ1n) is 5.05. The Kier molecular flexibility index (Phi) is 3.00. The monoisotopic (exact) mass is 240 g/mol. The Morgan fingerprint density at radius 1 is 1.38 bits per heavy atom. The van der Waals surface area contributed by atoms with E-state index in [9.17, 15) is 13.2 Å². The summed E-state index contributed by atoms with van der Waals surface area (Å²) in [5, 5.41) is 0. The Balaban J connectivity index is 1.99. The van der Waals surface area contributed by atoms with Gasteiger partial charge in [-0.05, 0) is 12.3 Å². The van der Waals surface area contributed by atoms with Crippen molar-refractivity contribution in [2.75, 3.05) is 11.5 Å². The predicted molar refractivity (Wildman–Crippen MR) is 57.7 cm³/mol. The quantitative estimate of drug-likeness (QED) is 0.718. The summed E-state index contributed by atoms with van der Waals surface area (Å²) < 4.78 is 22.4. The molecule has 1 aliphatic rings. The van der Waals surface area contributed by atoms with Crippen LogP contribution >= 0.6 is 0 Å². The Morgan fingerprint density at radius 3 is 2.62 bits per heavy atom. The molecule has 0 N–H and O–H groups in total. The fourth-order valence-corrected chi connectivity index (χ4v) is 3.72. The lowest BCUT2D eigenvalue weighted by atomic mass is 9.99. The van der Waals surface area contributed by atoms with Gasteiger partial charge in [-0.3, -0.25) is 4.79 Å². The van der Waals surface area contributed by atoms with Gasteiger partial charge in [0.15, 0.2) is 15.6 Å². The van der Waals surface area contributed by atoms with Crippen LogP contribution in [0, 0.1) is 5.92 Å². The Bertz CT molecular complexity index is 484. The van der Waals surface area contributed by atoms with Crippen LogP contribution in [-0.2, 0) is 9.84 Å². The van der Waals surface area contributed by atoms with E-state index < -0.39 is 9.84 Å². The molecule has 0 aliphatic carbocycles. The van der Waals surface area contributed by atoms with E-state index in [1.54, 1.807) is 0 Å². The standard InChI is InChI=1S/C10H12N2O3S/c13-10(9-4-11-7-12-5-9)3-8-1-2-16(14,15)6-8/h4-5,7-8H,1-3,6H2. The van der Waals surface area contributed by atoms with Crippen LogP contribution in [0.15, 0.2) is 18.7 Å². The molecule has 6 heteroatoms. The van der Waals surface area contributed by atoms with E-state index in [-0.39, 0.29) is 29.6 Å². The maximum Gasteiger partial charge on any atom is 0.166 e. The van der Waals surface area contributed by atoms with Gasteiger partial charge in [0.25, 0.3) is 0 Å². The van der Waals surface area contributed by atoms with Crippen molar-refractivity contribution in [1.82, 2.24) is 9.97 Å². The average Bonchev–Trinajstić information content (AvgIpc) is 2.59. The smallest absolute Gasteiger partial charge is 0.166 e. The van der Waals surface area contributed by atoms with E-state index in [0.717, 1.165) is 0 Å². The SMILES string of the molecule is O=C(CC1CCS(=O)(=O)C1)c1cncnc1. The molecule has 0 radical (unpaired) electrons. The average molecular weight is 240 g/mol. The number of aromatic nitrogens is 2. The fraction of sp³-hybridized carbons (Fsp3) is 0.500. The number of rotatable bonds is 3. The fourth-order valence-electron chi connectivity index (χ4n) is 1.86. The van der Waals surface area contributed by atoms with Gasteiger partial charge in [-0.2, -0.15) is 0 Å². The zero-order valence-electron chi connectivity index (χ0n) is 8.67. The van der Waals surface area contributed by atoms with Crippen LogP contribution in [0.3, 0.4) is 0 Å². The number of carbonyl (C=O) groups is 1. The highest BCUT2D eigenvalue weighted by Crippen LogP contribution is 2.22. The molecule has 1 unspecified atom stereocenters. The Morgan fingerprint density at radius 2 is 2.06 bits per heavy atom. The number of Topliss-reactive ketones (excluding diaryl/α,β-unsaturated/α-hetero) is 1.